The second-order valence-electron chi connectivity index (χ2n) is 7.65. The van der Waals surface area contributed by atoms with Gasteiger partial charge in [-0.15, -0.1) is 0 Å². The molecule has 1 aliphatic carbocycles. The van der Waals surface area contributed by atoms with Crippen molar-refractivity contribution in [2.45, 2.75) is 83.5 Å². The topological polar surface area (TPSA) is 35.5 Å². The molecular weight excluding hydrogens is 268 g/mol. The van der Waals surface area contributed by atoms with E-state index in [9.17, 15) is 4.79 Å². The van der Waals surface area contributed by atoms with Gasteiger partial charge in [-0.3, -0.25) is 4.79 Å². The highest BCUT2D eigenvalue weighted by molar-refractivity contribution is 6.74. The Labute approximate surface area is 125 Å². The smallest absolute Gasteiger partial charge is 0.305 e. The lowest BCUT2D eigenvalue weighted by Gasteiger charge is -2.41. The number of hydrogen-bond donors (Lipinski definition) is 0. The Kier molecular flexibility index (Phi) is 6.26. The standard InChI is InChI=1S/C16H32O3Si/c1-16(2,3)20(5,6)19-14-9-7-8-13(12-14)10-11-15(17)18-4/h13-14H,7-12H2,1-6H3/t13-,14-/m1/s1. The maximum Gasteiger partial charge on any atom is 0.305 e. The lowest BCUT2D eigenvalue weighted by molar-refractivity contribution is -0.141. The predicted molar refractivity (Wildman–Crippen MR) is 85.3 cm³/mol. The summed E-state index contributed by atoms with van der Waals surface area (Å²) in [7, 11) is -0.200. The average molecular weight is 301 g/mol. The number of ether oxygens (including phenoxy) is 1. The van der Waals surface area contributed by atoms with E-state index in [0.717, 1.165) is 12.8 Å². The number of carbonyl (C=O) groups excluding carboxylic acids is 1. The van der Waals surface area contributed by atoms with Crippen molar-refractivity contribution in [1.82, 2.24) is 0 Å². The van der Waals surface area contributed by atoms with Gasteiger partial charge in [0.1, 0.15) is 0 Å². The molecule has 0 spiro atoms. The highest BCUT2D eigenvalue weighted by atomic mass is 28.4. The zero-order valence-corrected chi connectivity index (χ0v) is 15.1. The molecule has 0 amide bonds. The monoisotopic (exact) mass is 300 g/mol. The number of carbonyl (C=O) groups is 1. The first-order chi connectivity index (χ1) is 9.15. The van der Waals surface area contributed by atoms with Crippen LogP contribution in [0.5, 0.6) is 0 Å². The van der Waals surface area contributed by atoms with E-state index in [1.165, 1.54) is 26.4 Å². The van der Waals surface area contributed by atoms with Crippen molar-refractivity contribution in [2.24, 2.45) is 5.92 Å². The maximum atomic E-state index is 11.2. The normalized spacial score (nSPS) is 24.5. The van der Waals surface area contributed by atoms with Crippen LogP contribution in [-0.2, 0) is 14.0 Å². The van der Waals surface area contributed by atoms with Gasteiger partial charge in [0.25, 0.3) is 0 Å². The molecule has 20 heavy (non-hydrogen) atoms. The van der Waals surface area contributed by atoms with Crippen LogP contribution in [0.4, 0.5) is 0 Å². The van der Waals surface area contributed by atoms with Gasteiger partial charge < -0.3 is 9.16 Å². The minimum atomic E-state index is -1.67. The molecule has 0 unspecified atom stereocenters. The van der Waals surface area contributed by atoms with Crippen molar-refractivity contribution in [1.29, 1.82) is 0 Å². The van der Waals surface area contributed by atoms with Crippen LogP contribution in [-0.4, -0.2) is 27.5 Å². The van der Waals surface area contributed by atoms with Crippen molar-refractivity contribution < 1.29 is 14.0 Å². The van der Waals surface area contributed by atoms with Crippen LogP contribution < -0.4 is 0 Å². The zero-order valence-electron chi connectivity index (χ0n) is 14.1. The highest BCUT2D eigenvalue weighted by Crippen LogP contribution is 2.40. The van der Waals surface area contributed by atoms with Gasteiger partial charge >= 0.3 is 5.97 Å². The fourth-order valence-corrected chi connectivity index (χ4v) is 4.03. The predicted octanol–water partition coefficient (Wildman–Crippen LogP) is 4.52. The minimum absolute atomic E-state index is 0.0857. The van der Waals surface area contributed by atoms with Gasteiger partial charge in [0.2, 0.25) is 0 Å². The second kappa shape index (κ2) is 7.08. The molecule has 0 radical (unpaired) electrons. The summed E-state index contributed by atoms with van der Waals surface area (Å²) < 4.78 is 11.3. The lowest BCUT2D eigenvalue weighted by atomic mass is 9.84. The van der Waals surface area contributed by atoms with E-state index in [0.29, 0.717) is 18.4 Å². The molecule has 4 heteroatoms. The molecule has 1 aliphatic rings. The third-order valence-corrected chi connectivity index (χ3v) is 9.52. The molecule has 118 valence electrons. The first kappa shape index (κ1) is 17.7. The molecule has 1 fully saturated rings. The maximum absolute atomic E-state index is 11.2. The Morgan fingerprint density at radius 3 is 2.45 bits per heavy atom. The number of esters is 1. The first-order valence-electron chi connectivity index (χ1n) is 7.90. The van der Waals surface area contributed by atoms with Crippen LogP contribution >= 0.6 is 0 Å². The molecular formula is C16H32O3Si. The molecule has 0 aromatic rings. The van der Waals surface area contributed by atoms with E-state index in [-0.39, 0.29) is 11.0 Å². The zero-order chi connectivity index (χ0) is 15.4. The Morgan fingerprint density at radius 2 is 1.90 bits per heavy atom. The highest BCUT2D eigenvalue weighted by Gasteiger charge is 2.40. The van der Waals surface area contributed by atoms with Crippen molar-refractivity contribution in [3.05, 3.63) is 0 Å². The Balaban J connectivity index is 2.47. The molecule has 0 aliphatic heterocycles. The summed E-state index contributed by atoms with van der Waals surface area (Å²) in [5.41, 5.74) is 0. The summed E-state index contributed by atoms with van der Waals surface area (Å²) in [5, 5.41) is 0.270. The Bertz CT molecular complexity index is 320. The van der Waals surface area contributed by atoms with Gasteiger partial charge in [-0.25, -0.2) is 0 Å². The van der Waals surface area contributed by atoms with Gasteiger partial charge in [-0.2, -0.15) is 0 Å². The summed E-state index contributed by atoms with van der Waals surface area (Å²) in [6, 6.07) is 0. The fourth-order valence-electron chi connectivity index (χ4n) is 2.63. The lowest BCUT2D eigenvalue weighted by Crippen LogP contribution is -2.45. The van der Waals surface area contributed by atoms with Crippen LogP contribution in [0.25, 0.3) is 0 Å². The minimum Gasteiger partial charge on any atom is -0.469 e. The summed E-state index contributed by atoms with van der Waals surface area (Å²) in [6.45, 7) is 11.5. The van der Waals surface area contributed by atoms with Gasteiger partial charge in [-0.05, 0) is 43.3 Å². The quantitative estimate of drug-likeness (QED) is 0.553. The van der Waals surface area contributed by atoms with Crippen LogP contribution in [0.2, 0.25) is 18.1 Å². The Morgan fingerprint density at radius 1 is 1.25 bits per heavy atom. The van der Waals surface area contributed by atoms with Gasteiger partial charge in [0.15, 0.2) is 8.32 Å². The molecule has 0 heterocycles. The molecule has 0 aromatic heterocycles. The fraction of sp³-hybridized carbons (Fsp3) is 0.938. The molecule has 1 saturated carbocycles. The number of hydrogen-bond acceptors (Lipinski definition) is 3. The number of rotatable bonds is 5. The van der Waals surface area contributed by atoms with Crippen LogP contribution in [0, 0.1) is 5.92 Å². The van der Waals surface area contributed by atoms with E-state index >= 15 is 0 Å². The molecule has 1 rings (SSSR count). The van der Waals surface area contributed by atoms with Crippen LogP contribution in [0.1, 0.15) is 59.3 Å². The molecule has 0 N–H and O–H groups in total. The summed E-state index contributed by atoms with van der Waals surface area (Å²) in [6.07, 6.45) is 6.65. The molecule has 0 bridgehead atoms. The molecule has 2 atom stereocenters. The van der Waals surface area contributed by atoms with Crippen molar-refractivity contribution in [2.75, 3.05) is 7.11 Å². The van der Waals surface area contributed by atoms with E-state index < -0.39 is 8.32 Å². The van der Waals surface area contributed by atoms with E-state index in [1.807, 2.05) is 0 Å². The molecule has 0 aromatic carbocycles. The summed E-state index contributed by atoms with van der Waals surface area (Å²) in [5.74, 6) is 0.537. The van der Waals surface area contributed by atoms with Crippen LogP contribution in [0.3, 0.4) is 0 Å². The molecule has 0 saturated heterocycles. The van der Waals surface area contributed by atoms with Crippen molar-refractivity contribution in [3.8, 4) is 0 Å². The first-order valence-corrected chi connectivity index (χ1v) is 10.8. The van der Waals surface area contributed by atoms with Gasteiger partial charge in [-0.1, -0.05) is 33.6 Å². The number of methoxy groups -OCH3 is 1. The van der Waals surface area contributed by atoms with Crippen LogP contribution in [0.15, 0.2) is 0 Å². The Hall–Kier alpha value is -0.353. The third kappa shape index (κ3) is 5.21. The summed E-state index contributed by atoms with van der Waals surface area (Å²) in [4.78, 5) is 11.2. The average Bonchev–Trinajstić information content (AvgIpc) is 2.34. The largest absolute Gasteiger partial charge is 0.469 e. The second-order valence-corrected chi connectivity index (χ2v) is 12.4. The van der Waals surface area contributed by atoms with Gasteiger partial charge in [0.05, 0.1) is 7.11 Å². The SMILES string of the molecule is COC(=O)CC[C@H]1CCC[C@@H](O[Si](C)(C)C(C)(C)C)C1. The van der Waals surface area contributed by atoms with Crippen molar-refractivity contribution in [3.63, 3.8) is 0 Å². The van der Waals surface area contributed by atoms with Gasteiger partial charge in [0, 0.05) is 12.5 Å². The van der Waals surface area contributed by atoms with Crippen molar-refractivity contribution >= 4 is 14.3 Å². The van der Waals surface area contributed by atoms with E-state index in [2.05, 4.69) is 33.9 Å². The molecule has 3 nitrogen and oxygen atoms in total. The summed E-state index contributed by atoms with van der Waals surface area (Å²) >= 11 is 0. The van der Waals surface area contributed by atoms with E-state index in [4.69, 9.17) is 9.16 Å². The van der Waals surface area contributed by atoms with E-state index in [1.54, 1.807) is 0 Å². The third-order valence-electron chi connectivity index (χ3n) is 4.99.